The molecule has 0 saturated carbocycles. The van der Waals surface area contributed by atoms with Gasteiger partial charge in [0.05, 0.1) is 0 Å². The van der Waals surface area contributed by atoms with Crippen LogP contribution in [0.5, 0.6) is 0 Å². The summed E-state index contributed by atoms with van der Waals surface area (Å²) in [5.41, 5.74) is 0. The minimum Gasteiger partial charge on any atom is -0.302 e. The average Bonchev–Trinajstić information content (AvgIpc) is 2.28. The van der Waals surface area contributed by atoms with Crippen molar-refractivity contribution < 1.29 is 0 Å². The zero-order valence-electron chi connectivity index (χ0n) is 7.25. The van der Waals surface area contributed by atoms with Crippen LogP contribution in [0.15, 0.2) is 12.7 Å². The molecule has 60 valence electrons. The fourth-order valence-electron chi connectivity index (χ4n) is 1.73. The van der Waals surface area contributed by atoms with Crippen molar-refractivity contribution in [2.45, 2.75) is 13.0 Å². The Morgan fingerprint density at radius 3 is 2.73 bits per heavy atom. The molecule has 1 heteroatoms. The molecule has 1 rings (SSSR count). The van der Waals surface area contributed by atoms with E-state index in [1.807, 2.05) is 6.08 Å². The van der Waals surface area contributed by atoms with Gasteiger partial charge in [0.2, 0.25) is 0 Å². The molecule has 0 aromatic rings. The number of terminal acetylenes is 1. The summed E-state index contributed by atoms with van der Waals surface area (Å²) in [6.45, 7) is 7.02. The predicted octanol–water partition coefficient (Wildman–Crippen LogP) is 1.37. The molecular formula is C10H15N. The van der Waals surface area contributed by atoms with Gasteiger partial charge in [0.1, 0.15) is 0 Å². The highest BCUT2D eigenvalue weighted by Crippen LogP contribution is 2.28. The van der Waals surface area contributed by atoms with Gasteiger partial charge in [-0.3, -0.25) is 0 Å². The Morgan fingerprint density at radius 2 is 2.36 bits per heavy atom. The molecule has 0 spiro atoms. The van der Waals surface area contributed by atoms with Gasteiger partial charge in [-0.1, -0.05) is 6.08 Å². The third-order valence-corrected chi connectivity index (χ3v) is 2.67. The zero-order chi connectivity index (χ0) is 8.43. The molecule has 1 aliphatic heterocycles. The third-order valence-electron chi connectivity index (χ3n) is 2.67. The molecule has 1 saturated heterocycles. The highest BCUT2D eigenvalue weighted by Gasteiger charge is 2.33. The van der Waals surface area contributed by atoms with Crippen molar-refractivity contribution in [1.29, 1.82) is 0 Å². The first-order valence-corrected chi connectivity index (χ1v) is 3.99. The van der Waals surface area contributed by atoms with E-state index in [0.29, 0.717) is 17.9 Å². The summed E-state index contributed by atoms with van der Waals surface area (Å²) in [4.78, 5) is 2.29. The maximum atomic E-state index is 5.43. The minimum absolute atomic E-state index is 0.359. The van der Waals surface area contributed by atoms with Crippen LogP contribution in [0, 0.1) is 24.2 Å². The van der Waals surface area contributed by atoms with E-state index in [1.54, 1.807) is 0 Å². The Balaban J connectivity index is 2.74. The Morgan fingerprint density at radius 1 is 1.73 bits per heavy atom. The van der Waals surface area contributed by atoms with Gasteiger partial charge in [-0.05, 0) is 14.0 Å². The fourth-order valence-corrected chi connectivity index (χ4v) is 1.73. The lowest BCUT2D eigenvalue weighted by Gasteiger charge is -2.16. The van der Waals surface area contributed by atoms with E-state index in [1.165, 1.54) is 0 Å². The summed E-state index contributed by atoms with van der Waals surface area (Å²) in [5, 5.41) is 0. The molecule has 0 amide bonds. The van der Waals surface area contributed by atoms with E-state index in [0.717, 1.165) is 6.54 Å². The second-order valence-electron chi connectivity index (χ2n) is 3.27. The summed E-state index contributed by atoms with van der Waals surface area (Å²) < 4.78 is 0. The quantitative estimate of drug-likeness (QED) is 0.402. The van der Waals surface area contributed by atoms with Gasteiger partial charge in [-0.2, -0.15) is 0 Å². The molecule has 0 aromatic carbocycles. The molecule has 1 aliphatic rings. The lowest BCUT2D eigenvalue weighted by molar-refractivity contribution is 0.314. The first-order chi connectivity index (χ1) is 5.20. The van der Waals surface area contributed by atoms with Crippen LogP contribution in [0.25, 0.3) is 0 Å². The third kappa shape index (κ3) is 1.32. The fraction of sp³-hybridized carbons (Fsp3) is 0.600. The maximum Gasteiger partial charge on any atom is 0.0427 e. The molecule has 0 aliphatic carbocycles. The zero-order valence-corrected chi connectivity index (χ0v) is 7.25. The largest absolute Gasteiger partial charge is 0.302 e. The maximum absolute atomic E-state index is 5.43. The van der Waals surface area contributed by atoms with Crippen LogP contribution in [0.4, 0.5) is 0 Å². The molecular weight excluding hydrogens is 134 g/mol. The summed E-state index contributed by atoms with van der Waals surface area (Å²) >= 11 is 0. The van der Waals surface area contributed by atoms with E-state index in [2.05, 4.69) is 31.4 Å². The highest BCUT2D eigenvalue weighted by molar-refractivity contribution is 5.10. The van der Waals surface area contributed by atoms with E-state index in [9.17, 15) is 0 Å². The standard InChI is InChI=1S/C10H15N/c1-5-9-7-11(4)8(3)10(9)6-2/h2,5,8-10H,1,7H2,3-4H3/t8?,9-,10+/m0/s1. The summed E-state index contributed by atoms with van der Waals surface area (Å²) in [5.74, 6) is 3.68. The van der Waals surface area contributed by atoms with Crippen molar-refractivity contribution in [3.05, 3.63) is 12.7 Å². The normalized spacial score (nSPS) is 38.5. The van der Waals surface area contributed by atoms with Crippen molar-refractivity contribution in [3.63, 3.8) is 0 Å². The van der Waals surface area contributed by atoms with Crippen LogP contribution in [-0.2, 0) is 0 Å². The Kier molecular flexibility index (Phi) is 2.36. The van der Waals surface area contributed by atoms with Crippen molar-refractivity contribution in [2.24, 2.45) is 11.8 Å². The molecule has 11 heavy (non-hydrogen) atoms. The molecule has 1 nitrogen and oxygen atoms in total. The van der Waals surface area contributed by atoms with Crippen LogP contribution in [0.2, 0.25) is 0 Å². The molecule has 0 N–H and O–H groups in total. The molecule has 1 fully saturated rings. The average molecular weight is 149 g/mol. The van der Waals surface area contributed by atoms with Crippen molar-refractivity contribution in [1.82, 2.24) is 4.90 Å². The SMILES string of the molecule is C#C[C@@H]1C(C)N(C)C[C@@H]1C=C. The van der Waals surface area contributed by atoms with E-state index in [-0.39, 0.29) is 0 Å². The van der Waals surface area contributed by atoms with Crippen LogP contribution >= 0.6 is 0 Å². The van der Waals surface area contributed by atoms with Gasteiger partial charge in [0.25, 0.3) is 0 Å². The molecule has 0 bridgehead atoms. The molecule has 0 radical (unpaired) electrons. The van der Waals surface area contributed by atoms with Gasteiger partial charge >= 0.3 is 0 Å². The number of hydrogen-bond acceptors (Lipinski definition) is 1. The lowest BCUT2D eigenvalue weighted by atomic mass is 9.92. The summed E-state index contributed by atoms with van der Waals surface area (Å²) in [7, 11) is 2.11. The van der Waals surface area contributed by atoms with Gasteiger partial charge in [-0.15, -0.1) is 18.9 Å². The Hall–Kier alpha value is -0.740. The molecule has 1 unspecified atom stereocenters. The number of hydrogen-bond donors (Lipinski definition) is 0. The summed E-state index contributed by atoms with van der Waals surface area (Å²) in [6, 6.07) is 0.503. The summed E-state index contributed by atoms with van der Waals surface area (Å²) in [6.07, 6.45) is 7.40. The molecule has 1 heterocycles. The Bertz CT molecular complexity index is 190. The van der Waals surface area contributed by atoms with Gasteiger partial charge in [-0.25, -0.2) is 0 Å². The van der Waals surface area contributed by atoms with Crippen molar-refractivity contribution >= 4 is 0 Å². The first-order valence-electron chi connectivity index (χ1n) is 3.99. The Labute approximate surface area is 69.1 Å². The number of rotatable bonds is 1. The monoisotopic (exact) mass is 149 g/mol. The van der Waals surface area contributed by atoms with Crippen molar-refractivity contribution in [3.8, 4) is 12.3 Å². The highest BCUT2D eigenvalue weighted by atomic mass is 15.2. The van der Waals surface area contributed by atoms with Crippen LogP contribution in [0.3, 0.4) is 0 Å². The van der Waals surface area contributed by atoms with Crippen LogP contribution in [-0.4, -0.2) is 24.5 Å². The lowest BCUT2D eigenvalue weighted by Crippen LogP contribution is -2.25. The van der Waals surface area contributed by atoms with Crippen molar-refractivity contribution in [2.75, 3.05) is 13.6 Å². The second kappa shape index (κ2) is 3.11. The smallest absolute Gasteiger partial charge is 0.0427 e. The van der Waals surface area contributed by atoms with Gasteiger partial charge in [0.15, 0.2) is 0 Å². The van der Waals surface area contributed by atoms with Crippen LogP contribution < -0.4 is 0 Å². The van der Waals surface area contributed by atoms with Gasteiger partial charge < -0.3 is 4.90 Å². The number of nitrogens with zero attached hydrogens (tertiary/aromatic N) is 1. The van der Waals surface area contributed by atoms with E-state index in [4.69, 9.17) is 6.42 Å². The topological polar surface area (TPSA) is 3.24 Å². The molecule has 0 aromatic heterocycles. The molecule has 3 atom stereocenters. The first kappa shape index (κ1) is 8.36. The second-order valence-corrected chi connectivity index (χ2v) is 3.27. The van der Waals surface area contributed by atoms with Crippen LogP contribution in [0.1, 0.15) is 6.92 Å². The number of likely N-dealkylation sites (tertiary alicyclic amines) is 1. The predicted molar refractivity (Wildman–Crippen MR) is 48.1 cm³/mol. The van der Waals surface area contributed by atoms with E-state index < -0.39 is 0 Å². The van der Waals surface area contributed by atoms with Gasteiger partial charge in [0, 0.05) is 24.4 Å². The minimum atomic E-state index is 0.359. The van der Waals surface area contributed by atoms with E-state index >= 15 is 0 Å².